The van der Waals surface area contributed by atoms with Gasteiger partial charge < -0.3 is 10.0 Å². The molecule has 0 aliphatic rings. The smallest absolute Gasteiger partial charge is 0.305 e. The molecular formula is C13H12N4O2S. The highest BCUT2D eigenvalue weighted by molar-refractivity contribution is 7.13. The zero-order valence-corrected chi connectivity index (χ0v) is 11.4. The third kappa shape index (κ3) is 3.76. The molecule has 2 aromatic rings. The first-order valence-electron chi connectivity index (χ1n) is 5.91. The Labute approximate surface area is 119 Å². The SMILES string of the molecule is N#Cc1ccc(CN(CCC(=O)O)c2nncs2)cc1. The fourth-order valence-corrected chi connectivity index (χ4v) is 2.27. The van der Waals surface area contributed by atoms with E-state index in [2.05, 4.69) is 16.3 Å². The predicted molar refractivity (Wildman–Crippen MR) is 74.4 cm³/mol. The van der Waals surface area contributed by atoms with Crippen molar-refractivity contribution in [2.24, 2.45) is 0 Å². The largest absolute Gasteiger partial charge is 0.481 e. The summed E-state index contributed by atoms with van der Waals surface area (Å²) in [6, 6.07) is 9.25. The van der Waals surface area contributed by atoms with Crippen LogP contribution in [0.2, 0.25) is 0 Å². The predicted octanol–water partition coefficient (Wildman–Crippen LogP) is 1.89. The van der Waals surface area contributed by atoms with Crippen LogP contribution >= 0.6 is 11.3 Å². The third-order valence-electron chi connectivity index (χ3n) is 2.67. The van der Waals surface area contributed by atoms with E-state index < -0.39 is 5.97 Å². The maximum absolute atomic E-state index is 10.7. The standard InChI is InChI=1S/C13H12N4O2S/c14-7-10-1-3-11(4-2-10)8-17(6-5-12(18)19)13-16-15-9-20-13/h1-4,9H,5-6,8H2,(H,18,19). The number of carboxylic acid groups (broad SMARTS) is 1. The third-order valence-corrected chi connectivity index (χ3v) is 3.42. The molecule has 0 bridgehead atoms. The molecule has 0 saturated heterocycles. The molecule has 0 fully saturated rings. The van der Waals surface area contributed by atoms with Crippen molar-refractivity contribution in [1.82, 2.24) is 10.2 Å². The first-order valence-corrected chi connectivity index (χ1v) is 6.79. The van der Waals surface area contributed by atoms with Crippen LogP contribution in [-0.4, -0.2) is 27.8 Å². The number of anilines is 1. The molecule has 0 aliphatic heterocycles. The number of carbonyl (C=O) groups is 1. The second-order valence-corrected chi connectivity index (χ2v) is 4.91. The van der Waals surface area contributed by atoms with Gasteiger partial charge in [-0.2, -0.15) is 5.26 Å². The molecule has 0 unspecified atom stereocenters. The molecule has 1 aromatic heterocycles. The molecule has 0 radical (unpaired) electrons. The molecule has 2 rings (SSSR count). The minimum absolute atomic E-state index is 0.0376. The molecule has 0 saturated carbocycles. The Morgan fingerprint density at radius 1 is 1.40 bits per heavy atom. The summed E-state index contributed by atoms with van der Waals surface area (Å²) >= 11 is 1.37. The Morgan fingerprint density at radius 2 is 2.15 bits per heavy atom. The molecule has 1 aromatic carbocycles. The lowest BCUT2D eigenvalue weighted by atomic mass is 10.1. The molecule has 1 heterocycles. The van der Waals surface area contributed by atoms with E-state index in [0.29, 0.717) is 23.8 Å². The van der Waals surface area contributed by atoms with Crippen molar-refractivity contribution in [2.45, 2.75) is 13.0 Å². The number of hydrogen-bond acceptors (Lipinski definition) is 6. The summed E-state index contributed by atoms with van der Waals surface area (Å²) in [5, 5.41) is 26.0. The lowest BCUT2D eigenvalue weighted by Gasteiger charge is -2.20. The van der Waals surface area contributed by atoms with E-state index in [9.17, 15) is 4.79 Å². The first kappa shape index (κ1) is 14.0. The molecule has 20 heavy (non-hydrogen) atoms. The molecule has 0 aliphatic carbocycles. The fraction of sp³-hybridized carbons (Fsp3) is 0.231. The molecule has 6 nitrogen and oxygen atoms in total. The number of rotatable bonds is 6. The lowest BCUT2D eigenvalue weighted by molar-refractivity contribution is -0.136. The Balaban J connectivity index is 2.10. The number of nitriles is 1. The van der Waals surface area contributed by atoms with E-state index in [1.165, 1.54) is 11.3 Å². The van der Waals surface area contributed by atoms with Gasteiger partial charge in [0.05, 0.1) is 18.1 Å². The second kappa shape index (κ2) is 6.63. The quantitative estimate of drug-likeness (QED) is 0.873. The zero-order valence-electron chi connectivity index (χ0n) is 10.6. The van der Waals surface area contributed by atoms with E-state index in [-0.39, 0.29) is 6.42 Å². The number of hydrogen-bond donors (Lipinski definition) is 1. The molecule has 1 N–H and O–H groups in total. The van der Waals surface area contributed by atoms with Gasteiger partial charge in [-0.1, -0.05) is 23.5 Å². The topological polar surface area (TPSA) is 90.1 Å². The minimum atomic E-state index is -0.848. The molecule has 0 atom stereocenters. The molecule has 0 amide bonds. The molecule has 7 heteroatoms. The van der Waals surface area contributed by atoms with Crippen LogP contribution in [0.4, 0.5) is 5.13 Å². The monoisotopic (exact) mass is 288 g/mol. The van der Waals surface area contributed by atoms with Crippen molar-refractivity contribution in [3.8, 4) is 6.07 Å². The highest BCUT2D eigenvalue weighted by Gasteiger charge is 2.12. The summed E-state index contributed by atoms with van der Waals surface area (Å²) in [4.78, 5) is 12.6. The van der Waals surface area contributed by atoms with E-state index in [1.807, 2.05) is 17.0 Å². The van der Waals surface area contributed by atoms with Crippen LogP contribution in [0.5, 0.6) is 0 Å². The van der Waals surface area contributed by atoms with Crippen LogP contribution in [0.15, 0.2) is 29.8 Å². The summed E-state index contributed by atoms with van der Waals surface area (Å²) in [5.41, 5.74) is 3.20. The average Bonchev–Trinajstić information content (AvgIpc) is 2.98. The van der Waals surface area contributed by atoms with Crippen molar-refractivity contribution in [3.63, 3.8) is 0 Å². The van der Waals surface area contributed by atoms with Gasteiger partial charge in [0.15, 0.2) is 0 Å². The molecular weight excluding hydrogens is 276 g/mol. The molecule has 102 valence electrons. The first-order chi connectivity index (χ1) is 9.69. The fourth-order valence-electron chi connectivity index (χ4n) is 1.68. The van der Waals surface area contributed by atoms with Crippen molar-refractivity contribution in [1.29, 1.82) is 5.26 Å². The second-order valence-electron chi connectivity index (χ2n) is 4.10. The number of benzene rings is 1. The number of nitrogens with zero attached hydrogens (tertiary/aromatic N) is 4. The highest BCUT2D eigenvalue weighted by atomic mass is 32.1. The zero-order chi connectivity index (χ0) is 14.4. The number of aromatic nitrogens is 2. The Bertz CT molecular complexity index is 604. The summed E-state index contributed by atoms with van der Waals surface area (Å²) in [7, 11) is 0. The van der Waals surface area contributed by atoms with E-state index >= 15 is 0 Å². The highest BCUT2D eigenvalue weighted by Crippen LogP contribution is 2.19. The summed E-state index contributed by atoms with van der Waals surface area (Å²) in [6.45, 7) is 0.901. The average molecular weight is 288 g/mol. The normalized spacial score (nSPS) is 9.95. The van der Waals surface area contributed by atoms with Gasteiger partial charge in [0, 0.05) is 13.1 Å². The van der Waals surface area contributed by atoms with Crippen molar-refractivity contribution >= 4 is 22.4 Å². The summed E-state index contributed by atoms with van der Waals surface area (Å²) < 4.78 is 0. The van der Waals surface area contributed by atoms with Crippen molar-refractivity contribution < 1.29 is 9.90 Å². The van der Waals surface area contributed by atoms with E-state index in [4.69, 9.17) is 10.4 Å². The number of aliphatic carboxylic acids is 1. The maximum atomic E-state index is 10.7. The van der Waals surface area contributed by atoms with Crippen LogP contribution in [0, 0.1) is 11.3 Å². The van der Waals surface area contributed by atoms with Gasteiger partial charge in [-0.3, -0.25) is 4.79 Å². The lowest BCUT2D eigenvalue weighted by Crippen LogP contribution is -2.25. The van der Waals surface area contributed by atoms with Crippen LogP contribution in [-0.2, 0) is 11.3 Å². The van der Waals surface area contributed by atoms with Crippen LogP contribution < -0.4 is 4.90 Å². The van der Waals surface area contributed by atoms with Crippen LogP contribution in [0.1, 0.15) is 17.5 Å². The van der Waals surface area contributed by atoms with Gasteiger partial charge in [0.25, 0.3) is 0 Å². The van der Waals surface area contributed by atoms with Gasteiger partial charge in [0.2, 0.25) is 5.13 Å². The van der Waals surface area contributed by atoms with Gasteiger partial charge in [0.1, 0.15) is 5.51 Å². The number of carboxylic acids is 1. The van der Waals surface area contributed by atoms with Crippen LogP contribution in [0.3, 0.4) is 0 Å². The van der Waals surface area contributed by atoms with Gasteiger partial charge in [-0.25, -0.2) is 0 Å². The van der Waals surface area contributed by atoms with E-state index in [0.717, 1.165) is 5.56 Å². The Hall–Kier alpha value is -2.46. The van der Waals surface area contributed by atoms with Gasteiger partial charge >= 0.3 is 5.97 Å². The Morgan fingerprint density at radius 3 is 2.70 bits per heavy atom. The molecule has 0 spiro atoms. The van der Waals surface area contributed by atoms with Crippen molar-refractivity contribution in [3.05, 3.63) is 40.9 Å². The summed E-state index contributed by atoms with van der Waals surface area (Å²) in [6.07, 6.45) is 0.0376. The van der Waals surface area contributed by atoms with Gasteiger partial charge in [-0.05, 0) is 17.7 Å². The van der Waals surface area contributed by atoms with Gasteiger partial charge in [-0.15, -0.1) is 10.2 Å². The summed E-state index contributed by atoms with van der Waals surface area (Å²) in [5.74, 6) is -0.848. The van der Waals surface area contributed by atoms with Crippen LogP contribution in [0.25, 0.3) is 0 Å². The van der Waals surface area contributed by atoms with Crippen molar-refractivity contribution in [2.75, 3.05) is 11.4 Å². The Kier molecular flexibility index (Phi) is 4.63. The maximum Gasteiger partial charge on any atom is 0.305 e. The van der Waals surface area contributed by atoms with E-state index in [1.54, 1.807) is 17.6 Å². The minimum Gasteiger partial charge on any atom is -0.481 e.